The van der Waals surface area contributed by atoms with Crippen LogP contribution in [0.5, 0.6) is 0 Å². The summed E-state index contributed by atoms with van der Waals surface area (Å²) in [5, 5.41) is 0. The summed E-state index contributed by atoms with van der Waals surface area (Å²) in [5.41, 5.74) is 1.04. The molecular weight excluding hydrogens is 318 g/mol. The number of aryl methyl sites for hydroxylation is 1. The molecule has 1 unspecified atom stereocenters. The maximum Gasteiger partial charge on any atom is 0.244 e. The molecule has 1 atom stereocenters. The fourth-order valence-electron chi connectivity index (χ4n) is 3.37. The molecule has 0 aromatic heterocycles. The quantitative estimate of drug-likeness (QED) is 0.574. The first-order chi connectivity index (χ1) is 11.5. The molecule has 1 fully saturated rings. The third kappa shape index (κ3) is 4.28. The Labute approximate surface area is 146 Å². The highest BCUT2D eigenvalue weighted by Crippen LogP contribution is 2.32. The van der Waals surface area contributed by atoms with Gasteiger partial charge < -0.3 is 0 Å². The molecule has 24 heavy (non-hydrogen) atoms. The minimum Gasteiger partial charge on any atom is -0.207 e. The van der Waals surface area contributed by atoms with Crippen molar-refractivity contribution in [3.8, 4) is 11.8 Å². The van der Waals surface area contributed by atoms with Crippen LogP contribution < -0.4 is 0 Å². The highest BCUT2D eigenvalue weighted by atomic mass is 32.2. The minimum absolute atomic E-state index is 0.197. The molecule has 0 bridgehead atoms. The van der Waals surface area contributed by atoms with Gasteiger partial charge in [-0.1, -0.05) is 49.0 Å². The predicted molar refractivity (Wildman–Crippen MR) is 99.1 cm³/mol. The van der Waals surface area contributed by atoms with Gasteiger partial charge in [0.2, 0.25) is 10.0 Å². The van der Waals surface area contributed by atoms with Crippen molar-refractivity contribution >= 4 is 10.0 Å². The van der Waals surface area contributed by atoms with E-state index in [1.807, 2.05) is 19.1 Å². The molecule has 0 spiro atoms. The van der Waals surface area contributed by atoms with Crippen LogP contribution in [0.25, 0.3) is 0 Å². The predicted octanol–water partition coefficient (Wildman–Crippen LogP) is 4.14. The van der Waals surface area contributed by atoms with Gasteiger partial charge in [0.25, 0.3) is 0 Å². The molecule has 0 heterocycles. The fourth-order valence-corrected chi connectivity index (χ4v) is 4.94. The molecule has 0 amide bonds. The van der Waals surface area contributed by atoms with E-state index in [9.17, 15) is 8.42 Å². The lowest BCUT2D eigenvalue weighted by Crippen LogP contribution is -2.44. The molecule has 4 heteroatoms. The molecule has 130 valence electrons. The molecule has 3 nitrogen and oxygen atoms in total. The Morgan fingerprint density at radius 2 is 1.88 bits per heavy atom. The number of benzene rings is 1. The van der Waals surface area contributed by atoms with Crippen LogP contribution in [-0.4, -0.2) is 25.3 Å². The van der Waals surface area contributed by atoms with E-state index in [0.29, 0.717) is 10.8 Å². The molecule has 0 aliphatic heterocycles. The summed E-state index contributed by atoms with van der Waals surface area (Å²) >= 11 is 0. The van der Waals surface area contributed by atoms with E-state index in [0.717, 1.165) is 31.2 Å². The average Bonchev–Trinajstić information content (AvgIpc) is 2.59. The van der Waals surface area contributed by atoms with Gasteiger partial charge in [-0.25, -0.2) is 8.42 Å². The molecule has 1 aromatic rings. The molecule has 0 N–H and O–H groups in total. The second-order valence-corrected chi connectivity index (χ2v) is 8.31. The molecule has 1 aliphatic rings. The highest BCUT2D eigenvalue weighted by molar-refractivity contribution is 7.89. The summed E-state index contributed by atoms with van der Waals surface area (Å²) in [5.74, 6) is 6.09. The Balaban J connectivity index is 2.39. The van der Waals surface area contributed by atoms with Crippen molar-refractivity contribution in [2.45, 2.75) is 56.9 Å². The van der Waals surface area contributed by atoms with Gasteiger partial charge in [-0.3, -0.25) is 0 Å². The maximum atomic E-state index is 13.2. The summed E-state index contributed by atoms with van der Waals surface area (Å²) < 4.78 is 27.9. The summed E-state index contributed by atoms with van der Waals surface area (Å²) in [4.78, 5) is 0.327. The fraction of sp³-hybridized carbons (Fsp3) is 0.500. The minimum atomic E-state index is -3.59. The van der Waals surface area contributed by atoms with Crippen LogP contribution in [0.3, 0.4) is 0 Å². The highest BCUT2D eigenvalue weighted by Gasteiger charge is 2.34. The number of hydrogen-bond acceptors (Lipinski definition) is 2. The van der Waals surface area contributed by atoms with Crippen molar-refractivity contribution in [2.24, 2.45) is 5.92 Å². The molecule has 2 rings (SSSR count). The monoisotopic (exact) mass is 345 g/mol. The molecular formula is C20H27NO2S. The number of rotatable bonds is 6. The van der Waals surface area contributed by atoms with E-state index in [4.69, 9.17) is 0 Å². The average molecular weight is 346 g/mol. The second kappa shape index (κ2) is 8.50. The topological polar surface area (TPSA) is 37.4 Å². The van der Waals surface area contributed by atoms with Gasteiger partial charge >= 0.3 is 0 Å². The van der Waals surface area contributed by atoms with Gasteiger partial charge in [0.05, 0.1) is 11.4 Å². The maximum absolute atomic E-state index is 13.2. The molecule has 1 aromatic carbocycles. The van der Waals surface area contributed by atoms with Gasteiger partial charge in [0.1, 0.15) is 0 Å². The summed E-state index contributed by atoms with van der Waals surface area (Å²) in [6.45, 7) is 7.83. The van der Waals surface area contributed by atoms with E-state index < -0.39 is 10.0 Å². The SMILES string of the molecule is C=CC(C1CCCCC1)N(CC#CC)S(=O)(=O)c1ccc(C)cc1. The van der Waals surface area contributed by atoms with Crippen molar-refractivity contribution in [2.75, 3.05) is 6.54 Å². The summed E-state index contributed by atoms with van der Waals surface area (Å²) in [7, 11) is -3.59. The Morgan fingerprint density at radius 3 is 2.42 bits per heavy atom. The first kappa shape index (κ1) is 18.8. The van der Waals surface area contributed by atoms with Gasteiger partial charge in [0, 0.05) is 6.04 Å². The molecule has 0 saturated heterocycles. The van der Waals surface area contributed by atoms with E-state index in [1.54, 1.807) is 25.1 Å². The Hall–Kier alpha value is -1.57. The van der Waals surface area contributed by atoms with Gasteiger partial charge in [-0.2, -0.15) is 4.31 Å². The first-order valence-corrected chi connectivity index (χ1v) is 10.1. The number of sulfonamides is 1. The van der Waals surface area contributed by atoms with Crippen molar-refractivity contribution in [3.05, 3.63) is 42.5 Å². The van der Waals surface area contributed by atoms with Crippen LogP contribution in [0, 0.1) is 24.7 Å². The van der Waals surface area contributed by atoms with Crippen LogP contribution >= 0.6 is 0 Å². The number of hydrogen-bond donors (Lipinski definition) is 0. The lowest BCUT2D eigenvalue weighted by Gasteiger charge is -2.35. The van der Waals surface area contributed by atoms with Gasteiger partial charge in [-0.05, 0) is 44.7 Å². The standard InChI is InChI=1S/C20H27NO2S/c1-4-6-16-21(20(5-2)18-10-8-7-9-11-18)24(22,23)19-14-12-17(3)13-15-19/h5,12-15,18,20H,2,7-11,16H2,1,3H3. The second-order valence-electron chi connectivity index (χ2n) is 6.41. The van der Waals surface area contributed by atoms with Crippen LogP contribution in [0.2, 0.25) is 0 Å². The van der Waals surface area contributed by atoms with Crippen LogP contribution in [0.4, 0.5) is 0 Å². The van der Waals surface area contributed by atoms with Crippen molar-refractivity contribution in [3.63, 3.8) is 0 Å². The van der Waals surface area contributed by atoms with Crippen molar-refractivity contribution in [1.82, 2.24) is 4.31 Å². The van der Waals surface area contributed by atoms with Gasteiger partial charge in [0.15, 0.2) is 0 Å². The normalized spacial score (nSPS) is 17.1. The smallest absolute Gasteiger partial charge is 0.207 e. The lowest BCUT2D eigenvalue weighted by molar-refractivity contribution is 0.239. The van der Waals surface area contributed by atoms with Crippen LogP contribution in [0.15, 0.2) is 41.8 Å². The lowest BCUT2D eigenvalue weighted by atomic mass is 9.84. The van der Waals surface area contributed by atoms with E-state index in [2.05, 4.69) is 18.4 Å². The van der Waals surface area contributed by atoms with Gasteiger partial charge in [-0.15, -0.1) is 12.5 Å². The number of nitrogens with zero attached hydrogens (tertiary/aromatic N) is 1. The Bertz CT molecular complexity index is 704. The van der Waals surface area contributed by atoms with Crippen molar-refractivity contribution in [1.29, 1.82) is 0 Å². The molecule has 1 aliphatic carbocycles. The zero-order valence-electron chi connectivity index (χ0n) is 14.7. The van der Waals surface area contributed by atoms with E-state index >= 15 is 0 Å². The third-order valence-electron chi connectivity index (χ3n) is 4.75. The van der Waals surface area contributed by atoms with E-state index in [-0.39, 0.29) is 12.6 Å². The molecule has 0 radical (unpaired) electrons. The third-order valence-corrected chi connectivity index (χ3v) is 6.60. The zero-order chi connectivity index (χ0) is 17.6. The van der Waals surface area contributed by atoms with E-state index in [1.165, 1.54) is 10.7 Å². The van der Waals surface area contributed by atoms with Crippen LogP contribution in [0.1, 0.15) is 44.6 Å². The molecule has 1 saturated carbocycles. The summed E-state index contributed by atoms with van der Waals surface area (Å²) in [6.07, 6.45) is 7.45. The Kier molecular flexibility index (Phi) is 6.65. The van der Waals surface area contributed by atoms with Crippen molar-refractivity contribution < 1.29 is 8.42 Å². The summed E-state index contributed by atoms with van der Waals surface area (Å²) in [6, 6.07) is 6.83. The first-order valence-electron chi connectivity index (χ1n) is 8.61. The van der Waals surface area contributed by atoms with Crippen LogP contribution in [-0.2, 0) is 10.0 Å². The zero-order valence-corrected chi connectivity index (χ0v) is 15.5. The largest absolute Gasteiger partial charge is 0.244 e. The Morgan fingerprint density at radius 1 is 1.25 bits per heavy atom.